The van der Waals surface area contributed by atoms with Crippen molar-refractivity contribution < 1.29 is 18.0 Å². The van der Waals surface area contributed by atoms with Gasteiger partial charge in [-0.05, 0) is 26.3 Å². The number of carbonyl (C=O) groups is 1. The van der Waals surface area contributed by atoms with Gasteiger partial charge in [0.1, 0.15) is 0 Å². The lowest BCUT2D eigenvalue weighted by molar-refractivity contribution is -0.185. The molecule has 2 rings (SSSR count). The van der Waals surface area contributed by atoms with Crippen molar-refractivity contribution in [3.8, 4) is 0 Å². The Bertz CT molecular complexity index is 292. The van der Waals surface area contributed by atoms with Crippen LogP contribution in [0.5, 0.6) is 0 Å². The first-order valence-corrected chi connectivity index (χ1v) is 5.47. The van der Waals surface area contributed by atoms with Crippen LogP contribution < -0.4 is 0 Å². The van der Waals surface area contributed by atoms with E-state index in [1.807, 2.05) is 7.05 Å². The first kappa shape index (κ1) is 11.7. The summed E-state index contributed by atoms with van der Waals surface area (Å²) in [4.78, 5) is 14.2. The average molecular weight is 236 g/mol. The van der Waals surface area contributed by atoms with Gasteiger partial charge < -0.3 is 4.90 Å². The molecule has 6 heteroatoms. The number of fused-ring (bicyclic) bond motifs is 2. The van der Waals surface area contributed by atoms with E-state index in [0.717, 1.165) is 17.7 Å². The molecule has 2 heterocycles. The maximum absolute atomic E-state index is 12.3. The Balaban J connectivity index is 2.07. The Labute approximate surface area is 92.2 Å². The normalized spacial score (nSPS) is 31.6. The fourth-order valence-electron chi connectivity index (χ4n) is 2.67. The van der Waals surface area contributed by atoms with Crippen LogP contribution in [0, 0.1) is 0 Å². The van der Waals surface area contributed by atoms with Crippen LogP contribution in [0.15, 0.2) is 0 Å². The van der Waals surface area contributed by atoms with Gasteiger partial charge in [0.2, 0.25) is 0 Å². The summed E-state index contributed by atoms with van der Waals surface area (Å²) in [7, 11) is 1.93. The molecule has 2 bridgehead atoms. The van der Waals surface area contributed by atoms with E-state index in [-0.39, 0.29) is 19.1 Å². The molecule has 1 amide bonds. The van der Waals surface area contributed by atoms with Gasteiger partial charge in [-0.15, -0.1) is 0 Å². The molecule has 2 unspecified atom stereocenters. The van der Waals surface area contributed by atoms with Gasteiger partial charge in [0.15, 0.2) is 0 Å². The van der Waals surface area contributed by atoms with Gasteiger partial charge in [0.05, 0.1) is 0 Å². The highest BCUT2D eigenvalue weighted by atomic mass is 19.4. The number of halogens is 3. The molecule has 2 aliphatic heterocycles. The molecule has 2 atom stereocenters. The molecule has 2 aliphatic rings. The van der Waals surface area contributed by atoms with E-state index in [9.17, 15) is 18.0 Å². The molecule has 0 aromatic rings. The highest BCUT2D eigenvalue weighted by Gasteiger charge is 2.45. The third-order valence-electron chi connectivity index (χ3n) is 3.68. The fraction of sp³-hybridized carbons (Fsp3) is 0.900. The molecule has 3 nitrogen and oxygen atoms in total. The Morgan fingerprint density at radius 3 is 2.44 bits per heavy atom. The summed E-state index contributed by atoms with van der Waals surface area (Å²) in [6.45, 7) is 0.440. The largest absolute Gasteiger partial charge is 0.471 e. The van der Waals surface area contributed by atoms with Crippen LogP contribution >= 0.6 is 0 Å². The van der Waals surface area contributed by atoms with Crippen molar-refractivity contribution in [2.24, 2.45) is 0 Å². The molecule has 2 fully saturated rings. The quantitative estimate of drug-likeness (QED) is 0.632. The number of carbonyl (C=O) groups excluding carboxylic acids is 1. The van der Waals surface area contributed by atoms with Gasteiger partial charge in [-0.2, -0.15) is 13.2 Å². The number of rotatable bonds is 0. The molecule has 0 aromatic heterocycles. The highest BCUT2D eigenvalue weighted by Crippen LogP contribution is 2.30. The van der Waals surface area contributed by atoms with Crippen molar-refractivity contribution in [1.82, 2.24) is 9.80 Å². The lowest BCUT2D eigenvalue weighted by Gasteiger charge is -2.26. The topological polar surface area (TPSA) is 23.6 Å². The monoisotopic (exact) mass is 236 g/mol. The number of nitrogens with zero attached hydrogens (tertiary/aromatic N) is 2. The van der Waals surface area contributed by atoms with Crippen LogP contribution in [0.1, 0.15) is 19.3 Å². The number of amides is 1. The van der Waals surface area contributed by atoms with Crippen LogP contribution in [0.3, 0.4) is 0 Å². The second-order valence-corrected chi connectivity index (χ2v) is 4.59. The van der Waals surface area contributed by atoms with Gasteiger partial charge in [0.25, 0.3) is 0 Å². The predicted octanol–water partition coefficient (Wildman–Crippen LogP) is 1.24. The second kappa shape index (κ2) is 3.91. The summed E-state index contributed by atoms with van der Waals surface area (Å²) in [6.07, 6.45) is -2.16. The SMILES string of the molecule is CN1C2CCC1CN(C(=O)C(F)(F)F)CC2. The summed E-state index contributed by atoms with van der Waals surface area (Å²) in [5.41, 5.74) is 0. The minimum Gasteiger partial charge on any atom is -0.333 e. The van der Waals surface area contributed by atoms with Crippen molar-refractivity contribution in [3.05, 3.63) is 0 Å². The molecule has 0 spiro atoms. The fourth-order valence-corrected chi connectivity index (χ4v) is 2.67. The Morgan fingerprint density at radius 1 is 1.19 bits per heavy atom. The zero-order chi connectivity index (χ0) is 11.9. The Hall–Kier alpha value is -0.780. The highest BCUT2D eigenvalue weighted by molar-refractivity contribution is 5.81. The lowest BCUT2D eigenvalue weighted by Crippen LogP contribution is -2.45. The zero-order valence-electron chi connectivity index (χ0n) is 9.13. The third-order valence-corrected chi connectivity index (χ3v) is 3.68. The molecule has 16 heavy (non-hydrogen) atoms. The molecule has 2 saturated heterocycles. The van der Waals surface area contributed by atoms with Crippen molar-refractivity contribution in [1.29, 1.82) is 0 Å². The van der Waals surface area contributed by atoms with E-state index in [1.54, 1.807) is 0 Å². The van der Waals surface area contributed by atoms with Gasteiger partial charge >= 0.3 is 12.1 Å². The van der Waals surface area contributed by atoms with E-state index in [1.165, 1.54) is 0 Å². The molecule has 0 N–H and O–H groups in total. The van der Waals surface area contributed by atoms with E-state index in [0.29, 0.717) is 12.5 Å². The first-order chi connectivity index (χ1) is 7.39. The lowest BCUT2D eigenvalue weighted by atomic mass is 10.1. The summed E-state index contributed by atoms with van der Waals surface area (Å²) >= 11 is 0. The van der Waals surface area contributed by atoms with Gasteiger partial charge in [-0.25, -0.2) is 0 Å². The molecule has 92 valence electrons. The van der Waals surface area contributed by atoms with E-state index < -0.39 is 12.1 Å². The minimum atomic E-state index is -4.73. The maximum Gasteiger partial charge on any atom is 0.471 e. The molecular formula is C10H15F3N2O. The molecule has 0 aromatic carbocycles. The van der Waals surface area contributed by atoms with Crippen LogP contribution in [0.25, 0.3) is 0 Å². The van der Waals surface area contributed by atoms with Crippen molar-refractivity contribution in [2.45, 2.75) is 37.5 Å². The molecular weight excluding hydrogens is 221 g/mol. The van der Waals surface area contributed by atoms with Gasteiger partial charge in [-0.3, -0.25) is 9.69 Å². The van der Waals surface area contributed by atoms with Crippen molar-refractivity contribution in [3.63, 3.8) is 0 Å². The number of likely N-dealkylation sites (tertiary alicyclic amines) is 1. The van der Waals surface area contributed by atoms with E-state index >= 15 is 0 Å². The standard InChI is InChI=1S/C10H15F3N2O/c1-14-7-2-3-8(14)6-15(5-4-7)9(16)10(11,12)13/h7-8H,2-6H2,1H3. The first-order valence-electron chi connectivity index (χ1n) is 5.47. The second-order valence-electron chi connectivity index (χ2n) is 4.59. The molecule has 0 saturated carbocycles. The third kappa shape index (κ3) is 2.03. The van der Waals surface area contributed by atoms with Crippen LogP contribution in [0.4, 0.5) is 13.2 Å². The summed E-state index contributed by atoms with van der Waals surface area (Å²) < 4.78 is 36.9. The van der Waals surface area contributed by atoms with E-state index in [2.05, 4.69) is 4.90 Å². The summed E-state index contributed by atoms with van der Waals surface area (Å²) in [5.74, 6) is -1.69. The number of alkyl halides is 3. The molecule has 0 aliphatic carbocycles. The average Bonchev–Trinajstić information content (AvgIpc) is 2.39. The van der Waals surface area contributed by atoms with Crippen LogP contribution in [-0.2, 0) is 4.79 Å². The number of hydrogen-bond acceptors (Lipinski definition) is 2. The number of likely N-dealkylation sites (N-methyl/N-ethyl adjacent to an activating group) is 1. The maximum atomic E-state index is 12.3. The van der Waals surface area contributed by atoms with Crippen molar-refractivity contribution >= 4 is 5.91 Å². The number of hydrogen-bond donors (Lipinski definition) is 0. The predicted molar refractivity (Wildman–Crippen MR) is 51.8 cm³/mol. The molecule has 0 radical (unpaired) electrons. The van der Waals surface area contributed by atoms with Gasteiger partial charge in [-0.1, -0.05) is 0 Å². The van der Waals surface area contributed by atoms with E-state index in [4.69, 9.17) is 0 Å². The Morgan fingerprint density at radius 2 is 1.81 bits per heavy atom. The Kier molecular flexibility index (Phi) is 2.86. The summed E-state index contributed by atoms with van der Waals surface area (Å²) in [6, 6.07) is 0.440. The zero-order valence-corrected chi connectivity index (χ0v) is 9.13. The summed E-state index contributed by atoms with van der Waals surface area (Å²) in [5, 5.41) is 0. The smallest absolute Gasteiger partial charge is 0.333 e. The van der Waals surface area contributed by atoms with Crippen LogP contribution in [0.2, 0.25) is 0 Å². The van der Waals surface area contributed by atoms with Crippen molar-refractivity contribution in [2.75, 3.05) is 20.1 Å². The van der Waals surface area contributed by atoms with Crippen LogP contribution in [-0.4, -0.2) is 54.1 Å². The van der Waals surface area contributed by atoms with Gasteiger partial charge in [0, 0.05) is 25.2 Å². The minimum absolute atomic E-state index is 0.0961.